The van der Waals surface area contributed by atoms with Crippen LogP contribution in [0.2, 0.25) is 0 Å². The Kier molecular flexibility index (Phi) is 4.62. The number of carbonyl (C=O) groups is 1. The molecule has 104 valence electrons. The molecule has 1 aliphatic heterocycles. The van der Waals surface area contributed by atoms with Crippen LogP contribution in [0.5, 0.6) is 0 Å². The van der Waals surface area contributed by atoms with Crippen molar-refractivity contribution in [2.24, 2.45) is 17.6 Å². The summed E-state index contributed by atoms with van der Waals surface area (Å²) in [5.74, 6) is 1.02. The van der Waals surface area contributed by atoms with Gasteiger partial charge in [0.15, 0.2) is 0 Å². The molecule has 3 unspecified atom stereocenters. The second kappa shape index (κ2) is 6.02. The van der Waals surface area contributed by atoms with Gasteiger partial charge in [-0.05, 0) is 45.2 Å². The van der Waals surface area contributed by atoms with Crippen LogP contribution < -0.4 is 5.73 Å². The summed E-state index contributed by atoms with van der Waals surface area (Å²) in [6.07, 6.45) is 4.24. The molecule has 1 aliphatic carbocycles. The van der Waals surface area contributed by atoms with Gasteiger partial charge in [0, 0.05) is 25.7 Å². The summed E-state index contributed by atoms with van der Waals surface area (Å²) in [6.45, 7) is 6.09. The van der Waals surface area contributed by atoms with Crippen molar-refractivity contribution in [3.05, 3.63) is 0 Å². The molecule has 18 heavy (non-hydrogen) atoms. The summed E-state index contributed by atoms with van der Waals surface area (Å²) >= 11 is 0. The fourth-order valence-corrected chi connectivity index (χ4v) is 3.19. The van der Waals surface area contributed by atoms with E-state index in [4.69, 9.17) is 5.73 Å². The maximum absolute atomic E-state index is 12.6. The first-order chi connectivity index (χ1) is 8.58. The maximum Gasteiger partial charge on any atom is 0.227 e. The van der Waals surface area contributed by atoms with E-state index in [1.165, 1.54) is 6.42 Å². The van der Waals surface area contributed by atoms with Gasteiger partial charge >= 0.3 is 0 Å². The third-order valence-electron chi connectivity index (χ3n) is 4.51. The molecule has 1 saturated carbocycles. The first-order valence-corrected chi connectivity index (χ1v) is 7.31. The highest BCUT2D eigenvalue weighted by molar-refractivity contribution is 5.79. The summed E-state index contributed by atoms with van der Waals surface area (Å²) in [6, 6.07) is 0.0784. The topological polar surface area (TPSA) is 49.6 Å². The predicted octanol–water partition coefficient (Wildman–Crippen LogP) is 0.914. The lowest BCUT2D eigenvalue weighted by Crippen LogP contribution is -2.47. The SMILES string of the molecule is CC1CCC(N)C(C(=O)N2CCCN(C)CC2)C1. The van der Waals surface area contributed by atoms with Crippen LogP contribution in [0.1, 0.15) is 32.6 Å². The largest absolute Gasteiger partial charge is 0.341 e. The summed E-state index contributed by atoms with van der Waals surface area (Å²) in [5, 5.41) is 0. The van der Waals surface area contributed by atoms with Crippen molar-refractivity contribution in [3.8, 4) is 0 Å². The van der Waals surface area contributed by atoms with Gasteiger partial charge in [0.25, 0.3) is 0 Å². The molecule has 0 aromatic carbocycles. The normalized spacial score (nSPS) is 35.3. The minimum atomic E-state index is 0.0668. The number of nitrogens with zero attached hydrogens (tertiary/aromatic N) is 2. The number of hydrogen-bond donors (Lipinski definition) is 1. The van der Waals surface area contributed by atoms with E-state index >= 15 is 0 Å². The Morgan fingerprint density at radius 1 is 1.17 bits per heavy atom. The van der Waals surface area contributed by atoms with E-state index in [0.29, 0.717) is 11.8 Å². The van der Waals surface area contributed by atoms with Crippen molar-refractivity contribution in [1.29, 1.82) is 0 Å². The molecule has 1 amide bonds. The monoisotopic (exact) mass is 253 g/mol. The summed E-state index contributed by atoms with van der Waals surface area (Å²) in [7, 11) is 2.13. The molecule has 1 heterocycles. The summed E-state index contributed by atoms with van der Waals surface area (Å²) in [5.41, 5.74) is 6.16. The molecule has 0 aromatic rings. The van der Waals surface area contributed by atoms with Crippen molar-refractivity contribution in [3.63, 3.8) is 0 Å². The lowest BCUT2D eigenvalue weighted by atomic mass is 9.78. The zero-order chi connectivity index (χ0) is 13.1. The molecule has 2 N–H and O–H groups in total. The van der Waals surface area contributed by atoms with Gasteiger partial charge in [-0.1, -0.05) is 6.92 Å². The predicted molar refractivity (Wildman–Crippen MR) is 73.2 cm³/mol. The maximum atomic E-state index is 12.6. The highest BCUT2D eigenvalue weighted by Crippen LogP contribution is 2.29. The molecular weight excluding hydrogens is 226 g/mol. The van der Waals surface area contributed by atoms with Gasteiger partial charge in [-0.15, -0.1) is 0 Å². The lowest BCUT2D eigenvalue weighted by Gasteiger charge is -2.35. The van der Waals surface area contributed by atoms with Gasteiger partial charge < -0.3 is 15.5 Å². The number of nitrogens with two attached hydrogens (primary N) is 1. The molecule has 0 radical (unpaired) electrons. The summed E-state index contributed by atoms with van der Waals surface area (Å²) < 4.78 is 0. The minimum Gasteiger partial charge on any atom is -0.341 e. The van der Waals surface area contributed by atoms with Gasteiger partial charge in [-0.25, -0.2) is 0 Å². The third kappa shape index (κ3) is 3.23. The summed E-state index contributed by atoms with van der Waals surface area (Å²) in [4.78, 5) is 16.9. The van der Waals surface area contributed by atoms with Crippen LogP contribution in [0, 0.1) is 11.8 Å². The highest BCUT2D eigenvalue weighted by atomic mass is 16.2. The van der Waals surface area contributed by atoms with Gasteiger partial charge in [-0.2, -0.15) is 0 Å². The van der Waals surface area contributed by atoms with Crippen molar-refractivity contribution in [1.82, 2.24) is 9.80 Å². The number of hydrogen-bond acceptors (Lipinski definition) is 3. The fourth-order valence-electron chi connectivity index (χ4n) is 3.19. The van der Waals surface area contributed by atoms with Crippen LogP contribution in [0.15, 0.2) is 0 Å². The van der Waals surface area contributed by atoms with E-state index in [2.05, 4.69) is 18.9 Å². The Hall–Kier alpha value is -0.610. The van der Waals surface area contributed by atoms with Crippen molar-refractivity contribution >= 4 is 5.91 Å². The molecule has 2 rings (SSSR count). The molecule has 4 nitrogen and oxygen atoms in total. The fraction of sp³-hybridized carbons (Fsp3) is 0.929. The van der Waals surface area contributed by atoms with E-state index < -0.39 is 0 Å². The van der Waals surface area contributed by atoms with E-state index in [1.807, 2.05) is 4.90 Å². The van der Waals surface area contributed by atoms with E-state index in [-0.39, 0.29) is 12.0 Å². The Labute approximate surface area is 110 Å². The Balaban J connectivity index is 1.96. The molecule has 0 bridgehead atoms. The van der Waals surface area contributed by atoms with Gasteiger partial charge in [0.2, 0.25) is 5.91 Å². The number of carbonyl (C=O) groups excluding carboxylic acids is 1. The van der Waals surface area contributed by atoms with Crippen LogP contribution in [-0.4, -0.2) is 55.0 Å². The smallest absolute Gasteiger partial charge is 0.227 e. The van der Waals surface area contributed by atoms with Crippen molar-refractivity contribution in [2.45, 2.75) is 38.6 Å². The van der Waals surface area contributed by atoms with Crippen molar-refractivity contribution < 1.29 is 4.79 Å². The molecule has 3 atom stereocenters. The number of likely N-dealkylation sites (N-methyl/N-ethyl adjacent to an activating group) is 1. The van der Waals surface area contributed by atoms with Crippen LogP contribution in [0.25, 0.3) is 0 Å². The Morgan fingerprint density at radius 3 is 2.72 bits per heavy atom. The van der Waals surface area contributed by atoms with Crippen LogP contribution in [0.4, 0.5) is 0 Å². The van der Waals surface area contributed by atoms with Crippen LogP contribution in [-0.2, 0) is 4.79 Å². The number of rotatable bonds is 1. The minimum absolute atomic E-state index is 0.0668. The first kappa shape index (κ1) is 13.8. The Morgan fingerprint density at radius 2 is 1.94 bits per heavy atom. The second-order valence-corrected chi connectivity index (χ2v) is 6.17. The van der Waals surface area contributed by atoms with E-state index in [0.717, 1.165) is 45.4 Å². The zero-order valence-corrected chi connectivity index (χ0v) is 11.8. The lowest BCUT2D eigenvalue weighted by molar-refractivity contribution is -0.137. The average molecular weight is 253 g/mol. The second-order valence-electron chi connectivity index (χ2n) is 6.17. The molecule has 2 aliphatic rings. The molecule has 4 heteroatoms. The van der Waals surface area contributed by atoms with Crippen molar-refractivity contribution in [2.75, 3.05) is 33.2 Å². The van der Waals surface area contributed by atoms with E-state index in [1.54, 1.807) is 0 Å². The highest BCUT2D eigenvalue weighted by Gasteiger charge is 2.34. The van der Waals surface area contributed by atoms with Gasteiger partial charge in [-0.3, -0.25) is 4.79 Å². The van der Waals surface area contributed by atoms with E-state index in [9.17, 15) is 4.79 Å². The molecule has 0 aromatic heterocycles. The molecule has 2 fully saturated rings. The Bertz CT molecular complexity index is 295. The zero-order valence-electron chi connectivity index (χ0n) is 11.8. The quantitative estimate of drug-likeness (QED) is 0.756. The van der Waals surface area contributed by atoms with Crippen LogP contribution in [0.3, 0.4) is 0 Å². The molecular formula is C14H27N3O. The standard InChI is InChI=1S/C14H27N3O/c1-11-4-5-13(15)12(10-11)14(18)17-7-3-6-16(2)8-9-17/h11-13H,3-10,15H2,1-2H3. The van der Waals surface area contributed by atoms with Crippen LogP contribution >= 0.6 is 0 Å². The van der Waals surface area contributed by atoms with Gasteiger partial charge in [0.05, 0.1) is 5.92 Å². The average Bonchev–Trinajstić information content (AvgIpc) is 2.56. The molecule has 1 saturated heterocycles. The third-order valence-corrected chi connectivity index (χ3v) is 4.51. The number of amides is 1. The first-order valence-electron chi connectivity index (χ1n) is 7.31. The van der Waals surface area contributed by atoms with Gasteiger partial charge in [0.1, 0.15) is 0 Å². The molecule has 0 spiro atoms.